The highest BCUT2D eigenvalue weighted by Crippen LogP contribution is 2.31. The van der Waals surface area contributed by atoms with Crippen molar-refractivity contribution in [2.45, 2.75) is 12.8 Å². The Morgan fingerprint density at radius 3 is 3.00 bits per heavy atom. The van der Waals surface area contributed by atoms with Crippen molar-refractivity contribution in [2.75, 3.05) is 12.5 Å². The van der Waals surface area contributed by atoms with E-state index in [2.05, 4.69) is 10.2 Å². The molecule has 0 spiro atoms. The Hall–Kier alpha value is -1.82. The SMILES string of the molecule is O=[N+]([O-])c1cc2cn[nH]c2cc1OCCCCCl. The number of ether oxygens (including phenoxy) is 1. The van der Waals surface area contributed by atoms with Gasteiger partial charge >= 0.3 is 5.69 Å². The predicted molar refractivity (Wildman–Crippen MR) is 68.2 cm³/mol. The summed E-state index contributed by atoms with van der Waals surface area (Å²) >= 11 is 5.55. The van der Waals surface area contributed by atoms with Crippen LogP contribution in [0.3, 0.4) is 0 Å². The van der Waals surface area contributed by atoms with Gasteiger partial charge in [0, 0.05) is 23.4 Å². The predicted octanol–water partition coefficient (Wildman–Crippen LogP) is 2.87. The molecule has 0 saturated carbocycles. The maximum absolute atomic E-state index is 11.0. The number of benzene rings is 1. The molecule has 96 valence electrons. The molecule has 1 aromatic carbocycles. The molecule has 0 radical (unpaired) electrons. The second-order valence-electron chi connectivity index (χ2n) is 3.78. The monoisotopic (exact) mass is 269 g/mol. The van der Waals surface area contributed by atoms with E-state index in [1.807, 2.05) is 0 Å². The third kappa shape index (κ3) is 2.70. The average molecular weight is 270 g/mol. The fourth-order valence-electron chi connectivity index (χ4n) is 1.60. The fourth-order valence-corrected chi connectivity index (χ4v) is 1.79. The summed E-state index contributed by atoms with van der Waals surface area (Å²) in [5.41, 5.74) is 0.669. The van der Waals surface area contributed by atoms with Crippen LogP contribution in [-0.4, -0.2) is 27.6 Å². The number of unbranched alkanes of at least 4 members (excludes halogenated alkanes) is 1. The number of H-pyrrole nitrogens is 1. The zero-order valence-electron chi connectivity index (χ0n) is 9.56. The number of fused-ring (bicyclic) bond motifs is 1. The van der Waals surface area contributed by atoms with Crippen molar-refractivity contribution >= 4 is 28.2 Å². The number of aromatic nitrogens is 2. The van der Waals surface area contributed by atoms with Gasteiger partial charge in [-0.25, -0.2) is 0 Å². The zero-order valence-corrected chi connectivity index (χ0v) is 10.3. The number of hydrogen-bond acceptors (Lipinski definition) is 4. The Balaban J connectivity index is 2.22. The molecule has 1 N–H and O–H groups in total. The quantitative estimate of drug-likeness (QED) is 0.378. The first-order chi connectivity index (χ1) is 8.72. The molecule has 0 saturated heterocycles. The highest BCUT2D eigenvalue weighted by molar-refractivity contribution is 6.17. The largest absolute Gasteiger partial charge is 0.487 e. The topological polar surface area (TPSA) is 81.0 Å². The molecule has 6 nitrogen and oxygen atoms in total. The average Bonchev–Trinajstić information content (AvgIpc) is 2.80. The van der Waals surface area contributed by atoms with E-state index in [0.29, 0.717) is 23.4 Å². The summed E-state index contributed by atoms with van der Waals surface area (Å²) in [5.74, 6) is 0.816. The number of nitro groups is 1. The lowest BCUT2D eigenvalue weighted by Crippen LogP contribution is -2.01. The molecule has 0 bridgehead atoms. The van der Waals surface area contributed by atoms with Gasteiger partial charge in [-0.1, -0.05) is 0 Å². The van der Waals surface area contributed by atoms with E-state index in [0.717, 1.165) is 12.8 Å². The number of alkyl halides is 1. The van der Waals surface area contributed by atoms with Gasteiger partial charge in [0.05, 0.1) is 23.2 Å². The summed E-state index contributed by atoms with van der Waals surface area (Å²) in [5, 5.41) is 18.2. The van der Waals surface area contributed by atoms with Crippen LogP contribution in [0.25, 0.3) is 10.9 Å². The molecular weight excluding hydrogens is 258 g/mol. The maximum Gasteiger partial charge on any atom is 0.311 e. The minimum absolute atomic E-state index is 0.0465. The zero-order chi connectivity index (χ0) is 13.0. The number of aromatic amines is 1. The Bertz CT molecular complexity index is 555. The molecule has 18 heavy (non-hydrogen) atoms. The second kappa shape index (κ2) is 5.68. The van der Waals surface area contributed by atoms with Crippen LogP contribution in [-0.2, 0) is 0 Å². The van der Waals surface area contributed by atoms with Gasteiger partial charge in [-0.3, -0.25) is 15.2 Å². The molecule has 1 heterocycles. The first-order valence-corrected chi connectivity index (χ1v) is 6.06. The van der Waals surface area contributed by atoms with Gasteiger partial charge in [0.15, 0.2) is 5.75 Å². The fraction of sp³-hybridized carbons (Fsp3) is 0.364. The van der Waals surface area contributed by atoms with E-state index in [9.17, 15) is 10.1 Å². The van der Waals surface area contributed by atoms with Gasteiger partial charge in [-0.05, 0) is 12.8 Å². The van der Waals surface area contributed by atoms with Crippen molar-refractivity contribution in [2.24, 2.45) is 0 Å². The number of nitro benzene ring substituents is 1. The van der Waals surface area contributed by atoms with Gasteiger partial charge in [0.25, 0.3) is 0 Å². The number of nitrogens with one attached hydrogen (secondary N) is 1. The Morgan fingerprint density at radius 2 is 2.28 bits per heavy atom. The van der Waals surface area contributed by atoms with E-state index in [4.69, 9.17) is 16.3 Å². The molecule has 0 aliphatic carbocycles. The molecule has 0 fully saturated rings. The summed E-state index contributed by atoms with van der Waals surface area (Å²) in [6.07, 6.45) is 3.13. The van der Waals surface area contributed by atoms with Crippen molar-refractivity contribution in [3.05, 3.63) is 28.4 Å². The number of nitrogens with zero attached hydrogens (tertiary/aromatic N) is 2. The third-order valence-electron chi connectivity index (χ3n) is 2.50. The Labute approximate surface area is 108 Å². The lowest BCUT2D eigenvalue weighted by Gasteiger charge is -2.06. The normalized spacial score (nSPS) is 10.7. The smallest absolute Gasteiger partial charge is 0.311 e. The molecule has 2 aromatic rings. The summed E-state index contributed by atoms with van der Waals surface area (Å²) in [6, 6.07) is 3.05. The molecular formula is C11H12ClN3O3. The highest BCUT2D eigenvalue weighted by Gasteiger charge is 2.17. The minimum Gasteiger partial charge on any atom is -0.487 e. The third-order valence-corrected chi connectivity index (χ3v) is 2.77. The van der Waals surface area contributed by atoms with Crippen molar-refractivity contribution < 1.29 is 9.66 Å². The van der Waals surface area contributed by atoms with E-state index >= 15 is 0 Å². The van der Waals surface area contributed by atoms with E-state index in [1.54, 1.807) is 12.3 Å². The molecule has 0 amide bonds. The maximum atomic E-state index is 11.0. The van der Waals surface area contributed by atoms with E-state index < -0.39 is 4.92 Å². The molecule has 2 rings (SSSR count). The van der Waals surface area contributed by atoms with Crippen LogP contribution >= 0.6 is 11.6 Å². The van der Waals surface area contributed by atoms with Crippen molar-refractivity contribution in [3.8, 4) is 5.75 Å². The number of hydrogen-bond donors (Lipinski definition) is 1. The van der Waals surface area contributed by atoms with Crippen LogP contribution in [0.1, 0.15) is 12.8 Å². The van der Waals surface area contributed by atoms with Crippen LogP contribution in [0.2, 0.25) is 0 Å². The molecule has 0 unspecified atom stereocenters. The second-order valence-corrected chi connectivity index (χ2v) is 4.16. The summed E-state index contributed by atoms with van der Waals surface area (Å²) < 4.78 is 5.43. The van der Waals surface area contributed by atoms with Crippen LogP contribution in [0.4, 0.5) is 5.69 Å². The lowest BCUT2D eigenvalue weighted by molar-refractivity contribution is -0.385. The molecule has 0 atom stereocenters. The molecule has 0 aliphatic rings. The van der Waals surface area contributed by atoms with Crippen LogP contribution in [0.5, 0.6) is 5.75 Å². The van der Waals surface area contributed by atoms with Crippen molar-refractivity contribution in [1.29, 1.82) is 0 Å². The number of rotatable bonds is 6. The van der Waals surface area contributed by atoms with Gasteiger partial charge in [-0.15, -0.1) is 11.6 Å². The highest BCUT2D eigenvalue weighted by atomic mass is 35.5. The first kappa shape index (κ1) is 12.6. The van der Waals surface area contributed by atoms with Crippen LogP contribution in [0.15, 0.2) is 18.3 Å². The van der Waals surface area contributed by atoms with Crippen molar-refractivity contribution in [1.82, 2.24) is 10.2 Å². The Kier molecular flexibility index (Phi) is 3.99. The number of halogens is 1. The summed E-state index contributed by atoms with van der Waals surface area (Å²) in [4.78, 5) is 10.5. The lowest BCUT2D eigenvalue weighted by atomic mass is 10.2. The molecule has 7 heteroatoms. The van der Waals surface area contributed by atoms with Crippen LogP contribution < -0.4 is 4.74 Å². The molecule has 1 aromatic heterocycles. The summed E-state index contributed by atoms with van der Waals surface area (Å²) in [6.45, 7) is 0.410. The molecule has 0 aliphatic heterocycles. The van der Waals surface area contributed by atoms with Gasteiger partial charge in [-0.2, -0.15) is 5.10 Å². The van der Waals surface area contributed by atoms with Gasteiger partial charge < -0.3 is 4.74 Å². The summed E-state index contributed by atoms with van der Waals surface area (Å²) in [7, 11) is 0. The van der Waals surface area contributed by atoms with E-state index in [-0.39, 0.29) is 11.4 Å². The van der Waals surface area contributed by atoms with Crippen molar-refractivity contribution in [3.63, 3.8) is 0 Å². The first-order valence-electron chi connectivity index (χ1n) is 5.52. The van der Waals surface area contributed by atoms with E-state index in [1.165, 1.54) is 6.07 Å². The Morgan fingerprint density at radius 1 is 1.44 bits per heavy atom. The minimum atomic E-state index is -0.455. The van der Waals surface area contributed by atoms with Gasteiger partial charge in [0.2, 0.25) is 0 Å². The standard InChI is InChI=1S/C11H12ClN3O3/c12-3-1-2-4-18-11-6-9-8(7-13-14-9)5-10(11)15(16)17/h5-7H,1-4H2,(H,13,14). The van der Waals surface area contributed by atoms with Crippen LogP contribution in [0, 0.1) is 10.1 Å². The van der Waals surface area contributed by atoms with Gasteiger partial charge in [0.1, 0.15) is 0 Å².